The van der Waals surface area contributed by atoms with Gasteiger partial charge in [0.2, 0.25) is 16.7 Å². The van der Waals surface area contributed by atoms with Gasteiger partial charge in [0.1, 0.15) is 84.7 Å². The van der Waals surface area contributed by atoms with E-state index in [-0.39, 0.29) is 64.9 Å². The van der Waals surface area contributed by atoms with Crippen molar-refractivity contribution in [3.8, 4) is 11.5 Å². The number of ether oxygens (including phenoxy) is 7. The van der Waals surface area contributed by atoms with E-state index in [0.717, 1.165) is 0 Å². The molecule has 15 atom stereocenters. The SMILES string of the molecule is COc1ccc(O[C@@H]2O[C@H](CO)[C@H](O)[C@H](O[C@@H]3O[C@H](COS(=O)(=O)[O-])[C@H](O)[C@H](O[C@@H]4O[C@H](C(=O)[O-])[C@@H](O)[C@H](O)[C@H]4O)[C@H]3O)[C@H]2O)cc1.[Na+].[Na+]. The van der Waals surface area contributed by atoms with Crippen LogP contribution in [0.15, 0.2) is 24.3 Å². The molecule has 3 fully saturated rings. The number of aliphatic carboxylic acids is 1. The summed E-state index contributed by atoms with van der Waals surface area (Å²) in [6.45, 7) is -2.06. The van der Waals surface area contributed by atoms with E-state index in [2.05, 4.69) is 4.18 Å². The van der Waals surface area contributed by atoms with Crippen LogP contribution in [0.5, 0.6) is 11.5 Å². The van der Waals surface area contributed by atoms with Crippen molar-refractivity contribution in [3.05, 3.63) is 24.3 Å². The van der Waals surface area contributed by atoms with Crippen LogP contribution in [-0.4, -0.2) is 172 Å². The molecule has 0 saturated carbocycles. The second-order valence-electron chi connectivity index (χ2n) is 10.6. The average Bonchev–Trinajstić information content (AvgIpc) is 3.02. The Labute approximate surface area is 322 Å². The zero-order valence-electron chi connectivity index (χ0n) is 26.2. The maximum atomic E-state index is 11.4. The summed E-state index contributed by atoms with van der Waals surface area (Å²) < 4.78 is 74.9. The number of aliphatic hydroxyl groups is 8. The first kappa shape index (κ1) is 44.8. The molecule has 0 aromatic heterocycles. The first-order valence-corrected chi connectivity index (χ1v) is 15.2. The molecule has 8 N–H and O–H groups in total. The molecule has 1 aromatic carbocycles. The minimum atomic E-state index is -5.39. The summed E-state index contributed by atoms with van der Waals surface area (Å²) in [7, 11) is -3.97. The molecule has 0 unspecified atom stereocenters. The molecule has 21 nitrogen and oxygen atoms in total. The number of carbonyl (C=O) groups is 1. The molecule has 0 bridgehead atoms. The second kappa shape index (κ2) is 19.1. The van der Waals surface area contributed by atoms with Gasteiger partial charge in [-0.05, 0) is 24.3 Å². The standard InChI is InChI=1S/C25H36O21S.2Na/c1-39-8-2-4-9(5-3-8)41-24-17(32)19(12(27)10(6-26)42-24)45-25-18(33)20(13(28)11(43-25)7-40-47(36,37)38)44-23-16(31)14(29)15(30)21(46-23)22(34)35;;/h2-5,10-21,23-33H,6-7H2,1H3,(H,34,35)(H,36,37,38);;/q;2*+1/p-2/t10-,11-,12+,13+,14+,15+,16-,17-,18-,19+,20+,21+,23-,24-,25+;;/m1../s1. The first-order chi connectivity index (χ1) is 22.1. The molecule has 268 valence electrons. The number of aliphatic hydroxyl groups excluding tert-OH is 8. The summed E-state index contributed by atoms with van der Waals surface area (Å²) in [5.74, 6) is -1.44. The quantitative estimate of drug-likeness (QED) is 0.0559. The van der Waals surface area contributed by atoms with E-state index in [9.17, 15) is 63.7 Å². The van der Waals surface area contributed by atoms with Gasteiger partial charge in [0.05, 0.1) is 26.3 Å². The molecule has 4 rings (SSSR count). The zero-order chi connectivity index (χ0) is 34.8. The third-order valence-corrected chi connectivity index (χ3v) is 7.96. The Bertz CT molecular complexity index is 1290. The molecular weight excluding hydrogens is 714 g/mol. The van der Waals surface area contributed by atoms with Crippen molar-refractivity contribution in [1.29, 1.82) is 0 Å². The van der Waals surface area contributed by atoms with Crippen LogP contribution in [0.4, 0.5) is 0 Å². The summed E-state index contributed by atoms with van der Waals surface area (Å²) in [6.07, 6.45) is -30.3. The number of methoxy groups -OCH3 is 1. The molecule has 0 aliphatic carbocycles. The molecule has 1 aromatic rings. The van der Waals surface area contributed by atoms with E-state index in [1.807, 2.05) is 0 Å². The van der Waals surface area contributed by atoms with Gasteiger partial charge in [-0.15, -0.1) is 0 Å². The summed E-state index contributed by atoms with van der Waals surface area (Å²) in [5.41, 5.74) is 0. The maximum absolute atomic E-state index is 11.4. The Morgan fingerprint density at radius 1 is 0.735 bits per heavy atom. The van der Waals surface area contributed by atoms with Crippen LogP contribution < -0.4 is 73.7 Å². The van der Waals surface area contributed by atoms with Gasteiger partial charge >= 0.3 is 59.1 Å². The van der Waals surface area contributed by atoms with Gasteiger partial charge in [0.25, 0.3) is 0 Å². The predicted molar refractivity (Wildman–Crippen MR) is 139 cm³/mol. The number of hydrogen-bond acceptors (Lipinski definition) is 21. The summed E-state index contributed by atoms with van der Waals surface area (Å²) >= 11 is 0. The number of carboxylic acids is 1. The molecule has 3 aliphatic rings. The topological polar surface area (TPSA) is 333 Å². The van der Waals surface area contributed by atoms with Gasteiger partial charge in [0.15, 0.2) is 12.6 Å². The van der Waals surface area contributed by atoms with Crippen LogP contribution >= 0.6 is 0 Å². The van der Waals surface area contributed by atoms with E-state index >= 15 is 0 Å². The van der Waals surface area contributed by atoms with Crippen LogP contribution in [0.2, 0.25) is 0 Å². The van der Waals surface area contributed by atoms with Gasteiger partial charge < -0.3 is 88.5 Å². The van der Waals surface area contributed by atoms with Crippen molar-refractivity contribution in [2.24, 2.45) is 0 Å². The monoisotopic (exact) mass is 748 g/mol. The number of rotatable bonds is 12. The fourth-order valence-electron chi connectivity index (χ4n) is 5.03. The van der Waals surface area contributed by atoms with Crippen LogP contribution in [-0.2, 0) is 43.1 Å². The Morgan fingerprint density at radius 3 is 1.73 bits per heavy atom. The van der Waals surface area contributed by atoms with Gasteiger partial charge in [-0.25, -0.2) is 8.42 Å². The van der Waals surface area contributed by atoms with Crippen LogP contribution in [0.1, 0.15) is 0 Å². The molecule has 3 aliphatic heterocycles. The van der Waals surface area contributed by atoms with Crippen molar-refractivity contribution < 1.29 is 160 Å². The summed E-state index contributed by atoms with van der Waals surface area (Å²) in [6, 6.07) is 5.91. The molecule has 0 radical (unpaired) electrons. The molecule has 3 heterocycles. The van der Waals surface area contributed by atoms with E-state index < -0.39 is 122 Å². The largest absolute Gasteiger partial charge is 1.00 e. The average molecular weight is 749 g/mol. The van der Waals surface area contributed by atoms with Gasteiger partial charge in [0, 0.05) is 0 Å². The third-order valence-electron chi connectivity index (χ3n) is 7.54. The minimum absolute atomic E-state index is 0. The van der Waals surface area contributed by atoms with Gasteiger partial charge in [-0.1, -0.05) is 0 Å². The Morgan fingerprint density at radius 2 is 1.22 bits per heavy atom. The molecular formula is C25H34Na2O21S. The third kappa shape index (κ3) is 10.8. The van der Waals surface area contributed by atoms with Crippen LogP contribution in [0, 0.1) is 0 Å². The molecule has 0 amide bonds. The Kier molecular flexibility index (Phi) is 17.5. The number of hydrogen-bond donors (Lipinski definition) is 8. The fourth-order valence-corrected chi connectivity index (χ4v) is 5.33. The van der Waals surface area contributed by atoms with Crippen molar-refractivity contribution in [3.63, 3.8) is 0 Å². The Hall–Kier alpha value is -0.360. The van der Waals surface area contributed by atoms with Crippen molar-refractivity contribution >= 4 is 16.4 Å². The van der Waals surface area contributed by atoms with Crippen molar-refractivity contribution in [1.82, 2.24) is 0 Å². The molecule has 49 heavy (non-hydrogen) atoms. The molecule has 24 heteroatoms. The first-order valence-electron chi connectivity index (χ1n) is 13.8. The van der Waals surface area contributed by atoms with Gasteiger partial charge in [-0.3, -0.25) is 4.18 Å². The number of carbonyl (C=O) groups excluding carboxylic acids is 1. The minimum Gasteiger partial charge on any atom is -0.726 e. The normalized spacial score (nSPS) is 39.6. The van der Waals surface area contributed by atoms with E-state index in [0.29, 0.717) is 5.75 Å². The van der Waals surface area contributed by atoms with Gasteiger partial charge in [-0.2, -0.15) is 0 Å². The Balaban J connectivity index is 0.00000417. The second-order valence-corrected chi connectivity index (χ2v) is 11.7. The predicted octanol–water partition coefficient (Wildman–Crippen LogP) is -13.2. The fraction of sp³-hybridized carbons (Fsp3) is 0.720. The van der Waals surface area contributed by atoms with Crippen molar-refractivity contribution in [2.45, 2.75) is 92.1 Å². The summed E-state index contributed by atoms with van der Waals surface area (Å²) in [4.78, 5) is 11.4. The smallest absolute Gasteiger partial charge is 0.726 e. The maximum Gasteiger partial charge on any atom is 1.00 e. The summed E-state index contributed by atoms with van der Waals surface area (Å²) in [5, 5.41) is 95.4. The molecule has 3 saturated heterocycles. The number of carboxylic acid groups (broad SMARTS) is 1. The van der Waals surface area contributed by atoms with Crippen molar-refractivity contribution in [2.75, 3.05) is 20.3 Å². The number of benzene rings is 1. The van der Waals surface area contributed by atoms with Crippen LogP contribution in [0.25, 0.3) is 0 Å². The van der Waals surface area contributed by atoms with Crippen LogP contribution in [0.3, 0.4) is 0 Å². The van der Waals surface area contributed by atoms with E-state index in [1.165, 1.54) is 31.4 Å². The zero-order valence-corrected chi connectivity index (χ0v) is 31.0. The van der Waals surface area contributed by atoms with E-state index in [4.69, 9.17) is 33.2 Å². The molecule has 0 spiro atoms. The van der Waals surface area contributed by atoms with E-state index in [1.54, 1.807) is 0 Å².